The van der Waals surface area contributed by atoms with Crippen LogP contribution in [0.5, 0.6) is 0 Å². The first-order chi connectivity index (χ1) is 9.29. The molecule has 2 rings (SSSR count). The third-order valence-corrected chi connectivity index (χ3v) is 5.90. The predicted molar refractivity (Wildman–Crippen MR) is 82.5 cm³/mol. The van der Waals surface area contributed by atoms with Gasteiger partial charge in [0.05, 0.1) is 6.04 Å². The summed E-state index contributed by atoms with van der Waals surface area (Å²) in [6, 6.07) is 0.978. The van der Waals surface area contributed by atoms with Gasteiger partial charge >= 0.3 is 0 Å². The first-order valence-corrected chi connectivity index (χ1v) is 9.02. The van der Waals surface area contributed by atoms with Crippen molar-refractivity contribution >= 4 is 48.9 Å². The Labute approximate surface area is 134 Å². The lowest BCUT2D eigenvalue weighted by Gasteiger charge is -2.12. The normalized spacial score (nSPS) is 13.4. The van der Waals surface area contributed by atoms with Gasteiger partial charge in [0.25, 0.3) is 0 Å². The van der Waals surface area contributed by atoms with E-state index in [-0.39, 0.29) is 10.0 Å². The van der Waals surface area contributed by atoms with E-state index in [1.165, 1.54) is 23.6 Å². The van der Waals surface area contributed by atoms with E-state index < -0.39 is 16.1 Å². The molecule has 2 heterocycles. The number of nitrogens with one attached hydrogen (secondary N) is 1. The van der Waals surface area contributed by atoms with E-state index in [0.29, 0.717) is 9.48 Å². The summed E-state index contributed by atoms with van der Waals surface area (Å²) < 4.78 is 27.7. The van der Waals surface area contributed by atoms with Crippen LogP contribution in [-0.4, -0.2) is 18.4 Å². The second-order valence-electron chi connectivity index (χ2n) is 4.09. The number of pyridine rings is 1. The number of halogens is 2. The summed E-state index contributed by atoms with van der Waals surface area (Å²) in [5, 5.41) is 0.633. The zero-order valence-electron chi connectivity index (χ0n) is 10.6. The molecule has 1 atom stereocenters. The van der Waals surface area contributed by atoms with Crippen LogP contribution in [0.3, 0.4) is 0 Å². The molecule has 0 saturated carbocycles. The van der Waals surface area contributed by atoms with E-state index in [9.17, 15) is 8.42 Å². The smallest absolute Gasteiger partial charge is 0.244 e. The summed E-state index contributed by atoms with van der Waals surface area (Å²) in [6.45, 7) is 3.65. The van der Waals surface area contributed by atoms with E-state index in [0.717, 1.165) is 4.88 Å². The molecule has 0 aliphatic carbocycles. The second-order valence-corrected chi connectivity index (χ2v) is 8.32. The Bertz CT molecular complexity index is 733. The zero-order valence-corrected chi connectivity index (χ0v) is 14.6. The molecule has 9 heteroatoms. The summed E-state index contributed by atoms with van der Waals surface area (Å²) in [7, 11) is -3.76. The van der Waals surface area contributed by atoms with Crippen molar-refractivity contribution in [1.82, 2.24) is 14.7 Å². The molecule has 20 heavy (non-hydrogen) atoms. The number of nitrogens with zero attached hydrogens (tertiary/aromatic N) is 2. The monoisotopic (exact) mass is 395 g/mol. The highest BCUT2D eigenvalue weighted by molar-refractivity contribution is 9.10. The molecule has 0 radical (unpaired) electrons. The topological polar surface area (TPSA) is 72.0 Å². The number of aromatic nitrogens is 2. The minimum Gasteiger partial charge on any atom is -0.248 e. The highest BCUT2D eigenvalue weighted by atomic mass is 79.9. The van der Waals surface area contributed by atoms with Gasteiger partial charge in [0, 0.05) is 21.7 Å². The number of hydrogen-bond donors (Lipinski definition) is 1. The van der Waals surface area contributed by atoms with Crippen LogP contribution in [0.25, 0.3) is 0 Å². The van der Waals surface area contributed by atoms with Gasteiger partial charge in [-0.25, -0.2) is 23.1 Å². The molecule has 1 N–H and O–H groups in total. The maximum Gasteiger partial charge on any atom is 0.244 e. The summed E-state index contributed by atoms with van der Waals surface area (Å²) in [5.41, 5.74) is 0. The maximum absolute atomic E-state index is 12.3. The molecule has 0 fully saturated rings. The van der Waals surface area contributed by atoms with Gasteiger partial charge in [-0.2, -0.15) is 0 Å². The van der Waals surface area contributed by atoms with Crippen LogP contribution in [0.1, 0.15) is 22.9 Å². The van der Waals surface area contributed by atoms with E-state index in [2.05, 4.69) is 30.6 Å². The molecule has 0 amide bonds. The number of thiazole rings is 1. The van der Waals surface area contributed by atoms with E-state index in [1.54, 1.807) is 13.1 Å². The Morgan fingerprint density at radius 1 is 1.40 bits per heavy atom. The first-order valence-electron chi connectivity index (χ1n) is 5.55. The molecule has 0 spiro atoms. The lowest BCUT2D eigenvalue weighted by atomic mass is 10.4. The van der Waals surface area contributed by atoms with Crippen molar-refractivity contribution in [2.45, 2.75) is 24.8 Å². The fraction of sp³-hybridized carbons (Fsp3) is 0.273. The van der Waals surface area contributed by atoms with Crippen molar-refractivity contribution in [2.24, 2.45) is 0 Å². The van der Waals surface area contributed by atoms with Crippen LogP contribution in [0.4, 0.5) is 0 Å². The fourth-order valence-electron chi connectivity index (χ4n) is 1.51. The van der Waals surface area contributed by atoms with Crippen LogP contribution in [0.2, 0.25) is 5.15 Å². The molecule has 5 nitrogen and oxygen atoms in total. The van der Waals surface area contributed by atoms with Crippen LogP contribution < -0.4 is 4.72 Å². The fourth-order valence-corrected chi connectivity index (χ4v) is 4.51. The van der Waals surface area contributed by atoms with Gasteiger partial charge in [0.1, 0.15) is 15.1 Å². The molecule has 0 aliphatic heterocycles. The summed E-state index contributed by atoms with van der Waals surface area (Å²) in [5.74, 6) is 0. The van der Waals surface area contributed by atoms with Crippen molar-refractivity contribution in [2.75, 3.05) is 0 Å². The molecule has 0 aromatic carbocycles. The maximum atomic E-state index is 12.3. The van der Waals surface area contributed by atoms with E-state index in [4.69, 9.17) is 11.6 Å². The van der Waals surface area contributed by atoms with Gasteiger partial charge in [-0.15, -0.1) is 11.3 Å². The number of hydrogen-bond acceptors (Lipinski definition) is 5. The molecule has 1 unspecified atom stereocenters. The van der Waals surface area contributed by atoms with Crippen molar-refractivity contribution < 1.29 is 8.42 Å². The van der Waals surface area contributed by atoms with Crippen molar-refractivity contribution in [3.8, 4) is 0 Å². The highest BCUT2D eigenvalue weighted by Gasteiger charge is 2.23. The van der Waals surface area contributed by atoms with Gasteiger partial charge in [-0.05, 0) is 35.8 Å². The Balaban J connectivity index is 2.29. The number of aryl methyl sites for hydroxylation is 1. The molecule has 2 aromatic heterocycles. The largest absolute Gasteiger partial charge is 0.248 e. The third-order valence-electron chi connectivity index (χ3n) is 2.40. The van der Waals surface area contributed by atoms with Crippen LogP contribution in [-0.2, 0) is 10.0 Å². The van der Waals surface area contributed by atoms with Gasteiger partial charge in [0.2, 0.25) is 10.0 Å². The predicted octanol–water partition coefficient (Wildman–Crippen LogP) is 3.30. The number of rotatable bonds is 4. The molecule has 0 aliphatic rings. The molecule has 2 aromatic rings. The standard InChI is InChI=1S/C11H11BrClN3O2S2/c1-6-4-15-11(19-6)7(2)16-20(17,18)9-3-8(12)5-14-10(9)13/h3-5,7,16H,1-2H3. The number of sulfonamides is 1. The lowest BCUT2D eigenvalue weighted by Crippen LogP contribution is -2.27. The molecular weight excluding hydrogens is 386 g/mol. The Morgan fingerprint density at radius 2 is 2.10 bits per heavy atom. The van der Waals surface area contributed by atoms with Crippen LogP contribution >= 0.6 is 38.9 Å². The minimum absolute atomic E-state index is 0.0614. The van der Waals surface area contributed by atoms with Gasteiger partial charge in [-0.1, -0.05) is 11.6 Å². The second kappa shape index (κ2) is 6.07. The first kappa shape index (κ1) is 15.8. The van der Waals surface area contributed by atoms with Gasteiger partial charge in [-0.3, -0.25) is 0 Å². The third kappa shape index (κ3) is 3.56. The average Bonchev–Trinajstić information content (AvgIpc) is 2.78. The SMILES string of the molecule is Cc1cnc(C(C)NS(=O)(=O)c2cc(Br)cnc2Cl)s1. The Hall–Kier alpha value is -0.540. The Morgan fingerprint density at radius 3 is 2.70 bits per heavy atom. The molecule has 108 valence electrons. The molecular formula is C11H11BrClN3O2S2. The molecule has 0 saturated heterocycles. The van der Waals surface area contributed by atoms with E-state index in [1.807, 2.05) is 6.92 Å². The summed E-state index contributed by atoms with van der Waals surface area (Å²) >= 11 is 10.5. The van der Waals surface area contributed by atoms with Crippen molar-refractivity contribution in [3.05, 3.63) is 38.0 Å². The van der Waals surface area contributed by atoms with Crippen LogP contribution in [0.15, 0.2) is 27.8 Å². The van der Waals surface area contributed by atoms with Gasteiger partial charge in [0.15, 0.2) is 0 Å². The van der Waals surface area contributed by atoms with E-state index >= 15 is 0 Å². The lowest BCUT2D eigenvalue weighted by molar-refractivity contribution is 0.566. The zero-order chi connectivity index (χ0) is 14.9. The quantitative estimate of drug-likeness (QED) is 0.805. The van der Waals surface area contributed by atoms with Gasteiger partial charge < -0.3 is 0 Å². The summed E-state index contributed by atoms with van der Waals surface area (Å²) in [4.78, 5) is 8.94. The Kier molecular flexibility index (Phi) is 4.80. The molecule has 0 bridgehead atoms. The van der Waals surface area contributed by atoms with Crippen molar-refractivity contribution in [3.63, 3.8) is 0 Å². The van der Waals surface area contributed by atoms with Crippen molar-refractivity contribution in [1.29, 1.82) is 0 Å². The average molecular weight is 397 g/mol. The minimum atomic E-state index is -3.76. The highest BCUT2D eigenvalue weighted by Crippen LogP contribution is 2.25. The van der Waals surface area contributed by atoms with Crippen LogP contribution in [0, 0.1) is 6.92 Å². The summed E-state index contributed by atoms with van der Waals surface area (Å²) in [6.07, 6.45) is 3.15.